The zero-order valence-corrected chi connectivity index (χ0v) is 7.70. The van der Waals surface area contributed by atoms with Crippen LogP contribution in [0.4, 0.5) is 0 Å². The molecule has 1 rings (SSSR count). The van der Waals surface area contributed by atoms with Crippen LogP contribution in [0.25, 0.3) is 0 Å². The van der Waals surface area contributed by atoms with Crippen molar-refractivity contribution in [3.8, 4) is 12.1 Å². The van der Waals surface area contributed by atoms with Gasteiger partial charge in [0.05, 0.1) is 5.69 Å². The van der Waals surface area contributed by atoms with Crippen molar-refractivity contribution in [3.63, 3.8) is 0 Å². The van der Waals surface area contributed by atoms with Crippen molar-refractivity contribution in [2.24, 2.45) is 0 Å². The quantitative estimate of drug-likeness (QED) is 0.603. The fraction of sp³-hybridized carbons (Fsp3) is 0.222. The number of rotatable bonds is 1. The van der Waals surface area contributed by atoms with Crippen molar-refractivity contribution >= 4 is 5.78 Å². The number of carbonyl (C=O) groups is 1. The van der Waals surface area contributed by atoms with Gasteiger partial charge in [-0.2, -0.15) is 10.5 Å². The maximum Gasteiger partial charge on any atom is 0.180 e. The summed E-state index contributed by atoms with van der Waals surface area (Å²) in [6, 6.07) is 3.47. The Bertz CT molecular complexity index is 479. The molecule has 5 nitrogen and oxygen atoms in total. The van der Waals surface area contributed by atoms with E-state index in [4.69, 9.17) is 10.5 Å². The van der Waals surface area contributed by atoms with E-state index >= 15 is 0 Å². The van der Waals surface area contributed by atoms with Crippen LogP contribution in [-0.4, -0.2) is 15.8 Å². The van der Waals surface area contributed by atoms with Crippen LogP contribution in [-0.2, 0) is 0 Å². The van der Waals surface area contributed by atoms with E-state index in [0.717, 1.165) is 0 Å². The van der Waals surface area contributed by atoms with Gasteiger partial charge in [0.15, 0.2) is 17.2 Å². The molecule has 0 spiro atoms. The summed E-state index contributed by atoms with van der Waals surface area (Å²) in [5, 5.41) is 17.2. The van der Waals surface area contributed by atoms with Crippen LogP contribution < -0.4 is 0 Å². The van der Waals surface area contributed by atoms with Gasteiger partial charge in [0, 0.05) is 6.92 Å². The van der Waals surface area contributed by atoms with Gasteiger partial charge in [0.1, 0.15) is 17.8 Å². The van der Waals surface area contributed by atoms with Crippen molar-refractivity contribution in [2.75, 3.05) is 0 Å². The molecular formula is C9H6N4O. The molecule has 0 saturated heterocycles. The van der Waals surface area contributed by atoms with Crippen LogP contribution in [0.3, 0.4) is 0 Å². The Kier molecular flexibility index (Phi) is 2.54. The number of nitriles is 2. The Hall–Kier alpha value is -2.27. The number of carbonyl (C=O) groups excluding carboxylic acids is 1. The third kappa shape index (κ3) is 1.57. The van der Waals surface area contributed by atoms with Gasteiger partial charge in [-0.25, -0.2) is 9.97 Å². The topological polar surface area (TPSA) is 90.4 Å². The fourth-order valence-corrected chi connectivity index (χ4v) is 1.01. The molecule has 1 heterocycles. The predicted octanol–water partition coefficient (Wildman–Crippen LogP) is 0.731. The zero-order valence-electron chi connectivity index (χ0n) is 7.70. The summed E-state index contributed by atoms with van der Waals surface area (Å²) in [4.78, 5) is 18.6. The number of Topliss-reactive ketones (excluding diaryl/α,β-unsaturated/α-hetero) is 1. The summed E-state index contributed by atoms with van der Waals surface area (Å²) in [5.74, 6) is -0.268. The van der Waals surface area contributed by atoms with Gasteiger partial charge < -0.3 is 0 Å². The van der Waals surface area contributed by atoms with Gasteiger partial charge >= 0.3 is 0 Å². The lowest BCUT2D eigenvalue weighted by Crippen LogP contribution is -2.07. The van der Waals surface area contributed by atoms with E-state index in [0.29, 0.717) is 5.69 Å². The summed E-state index contributed by atoms with van der Waals surface area (Å²) in [6.07, 6.45) is 0. The molecule has 0 aliphatic carbocycles. The van der Waals surface area contributed by atoms with Gasteiger partial charge in [0.25, 0.3) is 0 Å². The average molecular weight is 186 g/mol. The maximum absolute atomic E-state index is 11.0. The van der Waals surface area contributed by atoms with Crippen molar-refractivity contribution in [2.45, 2.75) is 13.8 Å². The molecule has 5 heteroatoms. The highest BCUT2D eigenvalue weighted by atomic mass is 16.1. The minimum absolute atomic E-state index is 0.0463. The molecule has 0 unspecified atom stereocenters. The third-order valence-electron chi connectivity index (χ3n) is 1.62. The smallest absolute Gasteiger partial charge is 0.180 e. The van der Waals surface area contributed by atoms with Crippen LogP contribution >= 0.6 is 0 Å². The Morgan fingerprint density at radius 2 is 1.71 bits per heavy atom. The lowest BCUT2D eigenvalue weighted by molar-refractivity contribution is 0.101. The van der Waals surface area contributed by atoms with Crippen LogP contribution in [0.2, 0.25) is 0 Å². The van der Waals surface area contributed by atoms with Crippen molar-refractivity contribution in [1.29, 1.82) is 10.5 Å². The molecule has 68 valence electrons. The maximum atomic E-state index is 11.0. The molecule has 0 aromatic carbocycles. The first-order valence-electron chi connectivity index (χ1n) is 3.80. The molecule has 0 amide bonds. The molecule has 0 bridgehead atoms. The van der Waals surface area contributed by atoms with E-state index in [1.165, 1.54) is 6.92 Å². The Balaban J connectivity index is 3.50. The molecule has 0 fully saturated rings. The highest BCUT2D eigenvalue weighted by Crippen LogP contribution is 2.07. The first-order chi connectivity index (χ1) is 6.60. The molecular weight excluding hydrogens is 180 g/mol. The van der Waals surface area contributed by atoms with E-state index in [2.05, 4.69) is 9.97 Å². The zero-order chi connectivity index (χ0) is 10.7. The fourth-order valence-electron chi connectivity index (χ4n) is 1.01. The normalized spacial score (nSPS) is 8.86. The molecule has 0 saturated carbocycles. The number of ketones is 1. The molecule has 14 heavy (non-hydrogen) atoms. The SMILES string of the molecule is CC(=O)c1nc(C#N)c(C#N)nc1C. The van der Waals surface area contributed by atoms with Gasteiger partial charge in [-0.1, -0.05) is 0 Å². The summed E-state index contributed by atoms with van der Waals surface area (Å²) >= 11 is 0. The summed E-state index contributed by atoms with van der Waals surface area (Å²) in [7, 11) is 0. The van der Waals surface area contributed by atoms with Crippen LogP contribution in [0.1, 0.15) is 34.5 Å². The number of aryl methyl sites for hydroxylation is 1. The highest BCUT2D eigenvalue weighted by Gasteiger charge is 2.13. The van der Waals surface area contributed by atoms with Crippen LogP contribution in [0.15, 0.2) is 0 Å². The van der Waals surface area contributed by atoms with Crippen molar-refractivity contribution in [1.82, 2.24) is 9.97 Å². The van der Waals surface area contributed by atoms with E-state index in [1.54, 1.807) is 19.1 Å². The monoisotopic (exact) mass is 186 g/mol. The Morgan fingerprint density at radius 1 is 1.21 bits per heavy atom. The largest absolute Gasteiger partial charge is 0.293 e. The van der Waals surface area contributed by atoms with Gasteiger partial charge in [-0.15, -0.1) is 0 Å². The molecule has 0 aliphatic rings. The summed E-state index contributed by atoms with van der Waals surface area (Å²) in [6.45, 7) is 2.91. The van der Waals surface area contributed by atoms with E-state index in [-0.39, 0.29) is 22.9 Å². The molecule has 0 N–H and O–H groups in total. The first kappa shape index (κ1) is 9.82. The minimum atomic E-state index is -0.268. The third-order valence-corrected chi connectivity index (χ3v) is 1.62. The van der Waals surface area contributed by atoms with Gasteiger partial charge in [0.2, 0.25) is 0 Å². The summed E-state index contributed by atoms with van der Waals surface area (Å²) < 4.78 is 0. The molecule has 0 aliphatic heterocycles. The second kappa shape index (κ2) is 3.63. The lowest BCUT2D eigenvalue weighted by Gasteiger charge is -2.00. The molecule has 0 radical (unpaired) electrons. The highest BCUT2D eigenvalue weighted by molar-refractivity contribution is 5.93. The second-order valence-corrected chi connectivity index (χ2v) is 2.63. The molecule has 1 aromatic heterocycles. The predicted molar refractivity (Wildman–Crippen MR) is 46.2 cm³/mol. The summed E-state index contributed by atoms with van der Waals surface area (Å²) in [5.41, 5.74) is 0.354. The molecule has 0 atom stereocenters. The van der Waals surface area contributed by atoms with Gasteiger partial charge in [-0.05, 0) is 6.92 Å². The second-order valence-electron chi connectivity index (χ2n) is 2.63. The Morgan fingerprint density at radius 3 is 2.14 bits per heavy atom. The lowest BCUT2D eigenvalue weighted by atomic mass is 10.2. The van der Waals surface area contributed by atoms with Gasteiger partial charge in [-0.3, -0.25) is 4.79 Å². The molecule has 1 aromatic rings. The Labute approximate surface area is 80.6 Å². The standard InChI is InChI=1S/C9H6N4O/c1-5-9(6(2)14)13-8(4-11)7(3-10)12-5/h1-2H3. The number of hydrogen-bond donors (Lipinski definition) is 0. The number of hydrogen-bond acceptors (Lipinski definition) is 5. The average Bonchev–Trinajstić information content (AvgIpc) is 2.16. The van der Waals surface area contributed by atoms with Crippen molar-refractivity contribution < 1.29 is 4.79 Å². The first-order valence-corrected chi connectivity index (χ1v) is 3.80. The van der Waals surface area contributed by atoms with Crippen LogP contribution in [0, 0.1) is 29.6 Å². The van der Waals surface area contributed by atoms with Crippen LogP contribution in [0.5, 0.6) is 0 Å². The van der Waals surface area contributed by atoms with E-state index in [9.17, 15) is 4.79 Å². The van der Waals surface area contributed by atoms with E-state index in [1.807, 2.05) is 0 Å². The minimum Gasteiger partial charge on any atom is -0.293 e. The number of nitrogens with zero attached hydrogens (tertiary/aromatic N) is 4. The van der Waals surface area contributed by atoms with Crippen molar-refractivity contribution in [3.05, 3.63) is 22.8 Å². The number of aromatic nitrogens is 2. The van der Waals surface area contributed by atoms with E-state index < -0.39 is 0 Å².